The number of hydrogen-bond acceptors (Lipinski definition) is 3. The van der Waals surface area contributed by atoms with Crippen molar-refractivity contribution in [3.63, 3.8) is 0 Å². The highest BCUT2D eigenvalue weighted by Crippen LogP contribution is 2.05. The van der Waals surface area contributed by atoms with Crippen molar-refractivity contribution in [1.82, 2.24) is 14.6 Å². The smallest absolute Gasteiger partial charge is 0.231 e. The zero-order valence-electron chi connectivity index (χ0n) is 8.06. The van der Waals surface area contributed by atoms with Crippen molar-refractivity contribution < 1.29 is 4.74 Å². The van der Waals surface area contributed by atoms with Crippen LogP contribution in [0.5, 0.6) is 5.88 Å². The molecule has 70 valence electrons. The molecule has 0 unspecified atom stereocenters. The zero-order valence-corrected chi connectivity index (χ0v) is 8.06. The molecule has 2 aromatic heterocycles. The van der Waals surface area contributed by atoms with Crippen molar-refractivity contribution in [2.24, 2.45) is 0 Å². The molecule has 0 fully saturated rings. The Bertz CT molecular complexity index is 370. The van der Waals surface area contributed by atoms with E-state index in [9.17, 15) is 0 Å². The molecule has 0 saturated carbocycles. The van der Waals surface area contributed by atoms with Gasteiger partial charge in [-0.3, -0.25) is 0 Å². The van der Waals surface area contributed by atoms with Crippen LogP contribution in [-0.2, 0) is 0 Å². The van der Waals surface area contributed by atoms with Gasteiger partial charge in [-0.2, -0.15) is 0 Å². The maximum absolute atomic E-state index is 4.93. The third-order valence-electron chi connectivity index (χ3n) is 1.44. The predicted octanol–water partition coefficient (Wildman–Crippen LogP) is 1.76. The third kappa shape index (κ3) is 1.96. The van der Waals surface area contributed by atoms with Gasteiger partial charge < -0.3 is 4.74 Å². The molecule has 0 bridgehead atoms. The number of nitrogens with zero attached hydrogens (tertiary/aromatic N) is 3. The maximum Gasteiger partial charge on any atom is 0.231 e. The standard InChI is InChI=1S/C7H7N3O.C2H6/c1-11-7-3-2-6-8-4-5-10(6)9-7;1-2/h2-5H,1H3;1-2H3. The van der Waals surface area contributed by atoms with Crippen LogP contribution in [0.1, 0.15) is 13.8 Å². The van der Waals surface area contributed by atoms with E-state index in [1.54, 1.807) is 30.1 Å². The summed E-state index contributed by atoms with van der Waals surface area (Å²) in [6.45, 7) is 4.00. The monoisotopic (exact) mass is 179 g/mol. The normalized spacial score (nSPS) is 9.15. The summed E-state index contributed by atoms with van der Waals surface area (Å²) in [6.07, 6.45) is 3.47. The molecule has 13 heavy (non-hydrogen) atoms. The molecular formula is C9H13N3O. The fraction of sp³-hybridized carbons (Fsp3) is 0.333. The summed E-state index contributed by atoms with van der Waals surface area (Å²) in [5, 5.41) is 4.09. The average Bonchev–Trinajstić information content (AvgIpc) is 2.67. The van der Waals surface area contributed by atoms with E-state index in [2.05, 4.69) is 10.1 Å². The van der Waals surface area contributed by atoms with Crippen LogP contribution >= 0.6 is 0 Å². The molecule has 0 amide bonds. The van der Waals surface area contributed by atoms with Crippen molar-refractivity contribution in [1.29, 1.82) is 0 Å². The van der Waals surface area contributed by atoms with Gasteiger partial charge in [-0.15, -0.1) is 5.10 Å². The molecule has 0 spiro atoms. The summed E-state index contributed by atoms with van der Waals surface area (Å²) < 4.78 is 6.60. The molecule has 4 nitrogen and oxygen atoms in total. The molecular weight excluding hydrogens is 166 g/mol. The third-order valence-corrected chi connectivity index (χ3v) is 1.44. The summed E-state index contributed by atoms with van der Waals surface area (Å²) in [5.74, 6) is 0.593. The SMILES string of the molecule is CC.COc1ccc2nccn2n1. The van der Waals surface area contributed by atoms with Crippen molar-refractivity contribution in [3.8, 4) is 5.88 Å². The van der Waals surface area contributed by atoms with Crippen molar-refractivity contribution >= 4 is 5.65 Å². The van der Waals surface area contributed by atoms with Gasteiger partial charge in [0.2, 0.25) is 5.88 Å². The van der Waals surface area contributed by atoms with Crippen molar-refractivity contribution in [3.05, 3.63) is 24.5 Å². The Labute approximate surface area is 77.2 Å². The van der Waals surface area contributed by atoms with E-state index in [0.717, 1.165) is 5.65 Å². The molecule has 2 aromatic rings. The summed E-state index contributed by atoms with van der Waals surface area (Å²) in [7, 11) is 1.59. The van der Waals surface area contributed by atoms with Gasteiger partial charge in [-0.05, 0) is 6.07 Å². The second-order valence-electron chi connectivity index (χ2n) is 2.11. The Morgan fingerprint density at radius 3 is 2.77 bits per heavy atom. The minimum Gasteiger partial charge on any atom is -0.480 e. The van der Waals surface area contributed by atoms with Crippen LogP contribution in [0.4, 0.5) is 0 Å². The zero-order chi connectivity index (χ0) is 9.68. The Morgan fingerprint density at radius 1 is 1.31 bits per heavy atom. The van der Waals surface area contributed by atoms with Gasteiger partial charge in [0, 0.05) is 18.5 Å². The highest BCUT2D eigenvalue weighted by Gasteiger charge is 1.95. The lowest BCUT2D eigenvalue weighted by Gasteiger charge is -1.96. The number of hydrogen-bond donors (Lipinski definition) is 0. The van der Waals surface area contributed by atoms with Gasteiger partial charge in [0.05, 0.1) is 7.11 Å². The lowest BCUT2D eigenvalue weighted by Crippen LogP contribution is -1.93. The fourth-order valence-corrected chi connectivity index (χ4v) is 0.907. The van der Waals surface area contributed by atoms with Crippen molar-refractivity contribution in [2.45, 2.75) is 13.8 Å². The highest BCUT2D eigenvalue weighted by molar-refractivity contribution is 5.37. The van der Waals surface area contributed by atoms with E-state index in [4.69, 9.17) is 4.74 Å². The first-order valence-corrected chi connectivity index (χ1v) is 4.24. The fourth-order valence-electron chi connectivity index (χ4n) is 0.907. The molecule has 0 N–H and O–H groups in total. The Morgan fingerprint density at radius 2 is 2.08 bits per heavy atom. The molecule has 0 saturated heterocycles. The topological polar surface area (TPSA) is 39.4 Å². The second-order valence-corrected chi connectivity index (χ2v) is 2.11. The quantitative estimate of drug-likeness (QED) is 0.669. The minimum atomic E-state index is 0.593. The van der Waals surface area contributed by atoms with Crippen molar-refractivity contribution in [2.75, 3.05) is 7.11 Å². The van der Waals surface area contributed by atoms with Gasteiger partial charge in [0.25, 0.3) is 0 Å². The summed E-state index contributed by atoms with van der Waals surface area (Å²) in [4.78, 5) is 4.04. The van der Waals surface area contributed by atoms with Crippen LogP contribution in [0, 0.1) is 0 Å². The number of fused-ring (bicyclic) bond motifs is 1. The van der Waals surface area contributed by atoms with Crippen LogP contribution < -0.4 is 4.74 Å². The lowest BCUT2D eigenvalue weighted by atomic mass is 10.5. The van der Waals surface area contributed by atoms with E-state index in [1.807, 2.05) is 19.9 Å². The molecule has 2 heterocycles. The van der Waals surface area contributed by atoms with E-state index < -0.39 is 0 Å². The molecule has 0 aliphatic carbocycles. The molecule has 0 aliphatic heterocycles. The molecule has 4 heteroatoms. The van der Waals surface area contributed by atoms with Crippen LogP contribution in [-0.4, -0.2) is 21.7 Å². The number of aromatic nitrogens is 3. The van der Waals surface area contributed by atoms with Crippen LogP contribution in [0.25, 0.3) is 5.65 Å². The summed E-state index contributed by atoms with van der Waals surface area (Å²) in [5.41, 5.74) is 0.825. The second kappa shape index (κ2) is 4.45. The number of ether oxygens (including phenoxy) is 1. The summed E-state index contributed by atoms with van der Waals surface area (Å²) in [6, 6.07) is 3.63. The molecule has 2 rings (SSSR count). The Hall–Kier alpha value is -1.58. The van der Waals surface area contributed by atoms with Gasteiger partial charge in [-0.1, -0.05) is 13.8 Å². The average molecular weight is 179 g/mol. The first-order chi connectivity index (χ1) is 6.40. The van der Waals surface area contributed by atoms with E-state index in [0.29, 0.717) is 5.88 Å². The highest BCUT2D eigenvalue weighted by atomic mass is 16.5. The predicted molar refractivity (Wildman–Crippen MR) is 50.9 cm³/mol. The Kier molecular flexibility index (Phi) is 3.25. The van der Waals surface area contributed by atoms with E-state index >= 15 is 0 Å². The first kappa shape index (κ1) is 9.51. The van der Waals surface area contributed by atoms with Crippen LogP contribution in [0.2, 0.25) is 0 Å². The number of methoxy groups -OCH3 is 1. The molecule has 0 atom stereocenters. The Balaban J connectivity index is 0.000000396. The lowest BCUT2D eigenvalue weighted by molar-refractivity contribution is 0.390. The summed E-state index contributed by atoms with van der Waals surface area (Å²) >= 11 is 0. The van der Waals surface area contributed by atoms with Gasteiger partial charge in [0.1, 0.15) is 0 Å². The van der Waals surface area contributed by atoms with Crippen LogP contribution in [0.3, 0.4) is 0 Å². The van der Waals surface area contributed by atoms with E-state index in [-0.39, 0.29) is 0 Å². The van der Waals surface area contributed by atoms with Gasteiger partial charge in [0.15, 0.2) is 5.65 Å². The number of rotatable bonds is 1. The molecule has 0 aliphatic rings. The minimum absolute atomic E-state index is 0.593. The van der Waals surface area contributed by atoms with E-state index in [1.165, 1.54) is 0 Å². The number of imidazole rings is 1. The largest absolute Gasteiger partial charge is 0.480 e. The van der Waals surface area contributed by atoms with Crippen LogP contribution in [0.15, 0.2) is 24.5 Å². The maximum atomic E-state index is 4.93. The van der Waals surface area contributed by atoms with Gasteiger partial charge in [-0.25, -0.2) is 9.50 Å². The molecule has 0 radical (unpaired) electrons. The van der Waals surface area contributed by atoms with Gasteiger partial charge >= 0.3 is 0 Å². The first-order valence-electron chi connectivity index (χ1n) is 4.24. The molecule has 0 aromatic carbocycles.